The molecule has 5 heteroatoms. The number of carbonyl (C=O) groups is 1. The molecule has 2 aliphatic rings. The Hall–Kier alpha value is -0.810. The SMILES string of the molecule is CCOC1CC(NC2CCN(C(=O)OC(C)(C)C)CC2)C1(C)C. The molecule has 1 saturated heterocycles. The summed E-state index contributed by atoms with van der Waals surface area (Å²) in [5.41, 5.74) is -0.227. The summed E-state index contributed by atoms with van der Waals surface area (Å²) in [6.45, 7) is 14.7. The molecule has 5 nitrogen and oxygen atoms in total. The van der Waals surface area contributed by atoms with E-state index in [2.05, 4.69) is 26.1 Å². The molecule has 23 heavy (non-hydrogen) atoms. The van der Waals surface area contributed by atoms with Crippen LogP contribution in [0.4, 0.5) is 4.79 Å². The number of nitrogens with zero attached hydrogens (tertiary/aromatic N) is 1. The van der Waals surface area contributed by atoms with Crippen LogP contribution in [0.1, 0.15) is 60.8 Å². The highest BCUT2D eigenvalue weighted by molar-refractivity contribution is 5.68. The maximum absolute atomic E-state index is 12.1. The van der Waals surface area contributed by atoms with Gasteiger partial charge >= 0.3 is 6.09 Å². The average Bonchev–Trinajstić information content (AvgIpc) is 2.45. The third-order valence-electron chi connectivity index (χ3n) is 5.13. The van der Waals surface area contributed by atoms with E-state index in [-0.39, 0.29) is 11.5 Å². The first kappa shape index (κ1) is 18.5. The van der Waals surface area contributed by atoms with Gasteiger partial charge in [0.2, 0.25) is 0 Å². The molecule has 0 radical (unpaired) electrons. The quantitative estimate of drug-likeness (QED) is 0.862. The van der Waals surface area contributed by atoms with E-state index in [0.29, 0.717) is 18.2 Å². The van der Waals surface area contributed by atoms with Gasteiger partial charge in [0, 0.05) is 37.2 Å². The molecule has 2 unspecified atom stereocenters. The second-order valence-electron chi connectivity index (χ2n) is 8.46. The van der Waals surface area contributed by atoms with Gasteiger partial charge in [-0.05, 0) is 47.0 Å². The largest absolute Gasteiger partial charge is 0.444 e. The smallest absolute Gasteiger partial charge is 0.410 e. The molecule has 1 heterocycles. The van der Waals surface area contributed by atoms with Gasteiger partial charge in [0.15, 0.2) is 0 Å². The molecule has 1 N–H and O–H groups in total. The fourth-order valence-electron chi connectivity index (χ4n) is 3.49. The van der Waals surface area contributed by atoms with Crippen molar-refractivity contribution in [2.75, 3.05) is 19.7 Å². The van der Waals surface area contributed by atoms with Crippen molar-refractivity contribution < 1.29 is 14.3 Å². The lowest BCUT2D eigenvalue weighted by atomic mass is 9.64. The third-order valence-corrected chi connectivity index (χ3v) is 5.13. The molecule has 2 atom stereocenters. The van der Waals surface area contributed by atoms with Crippen LogP contribution in [0, 0.1) is 5.41 Å². The Morgan fingerprint density at radius 3 is 2.35 bits per heavy atom. The summed E-state index contributed by atoms with van der Waals surface area (Å²) in [6.07, 6.45) is 3.26. The minimum absolute atomic E-state index is 0.184. The number of rotatable bonds is 4. The first-order chi connectivity index (χ1) is 10.6. The molecule has 0 aromatic carbocycles. The zero-order valence-corrected chi connectivity index (χ0v) is 15.6. The fourth-order valence-corrected chi connectivity index (χ4v) is 3.49. The molecule has 0 bridgehead atoms. The van der Waals surface area contributed by atoms with E-state index in [1.54, 1.807) is 0 Å². The maximum atomic E-state index is 12.1. The predicted octanol–water partition coefficient (Wildman–Crippen LogP) is 3.18. The van der Waals surface area contributed by atoms with Crippen LogP contribution in [0.5, 0.6) is 0 Å². The summed E-state index contributed by atoms with van der Waals surface area (Å²) in [5, 5.41) is 3.78. The van der Waals surface area contributed by atoms with Gasteiger partial charge in [0.1, 0.15) is 5.60 Å². The van der Waals surface area contributed by atoms with Crippen LogP contribution in [0.2, 0.25) is 0 Å². The van der Waals surface area contributed by atoms with Crippen LogP contribution in [-0.2, 0) is 9.47 Å². The summed E-state index contributed by atoms with van der Waals surface area (Å²) < 4.78 is 11.2. The normalized spacial score (nSPS) is 28.3. The molecular formula is C18H34N2O3. The lowest BCUT2D eigenvalue weighted by molar-refractivity contribution is -0.117. The van der Waals surface area contributed by atoms with Crippen LogP contribution in [0.15, 0.2) is 0 Å². The Morgan fingerprint density at radius 2 is 1.87 bits per heavy atom. The molecule has 134 valence electrons. The van der Waals surface area contributed by atoms with Crippen molar-refractivity contribution in [1.29, 1.82) is 0 Å². The molecule has 0 aromatic rings. The van der Waals surface area contributed by atoms with E-state index in [9.17, 15) is 4.79 Å². The Kier molecular flexibility index (Phi) is 5.62. The highest BCUT2D eigenvalue weighted by atomic mass is 16.6. The predicted molar refractivity (Wildman–Crippen MR) is 91.6 cm³/mol. The van der Waals surface area contributed by atoms with Crippen molar-refractivity contribution in [2.24, 2.45) is 5.41 Å². The molecule has 1 aliphatic carbocycles. The van der Waals surface area contributed by atoms with E-state index in [1.807, 2.05) is 25.7 Å². The van der Waals surface area contributed by atoms with Gasteiger partial charge < -0.3 is 19.7 Å². The lowest BCUT2D eigenvalue weighted by Gasteiger charge is -2.53. The molecule has 2 rings (SSSR count). The molecule has 1 aliphatic heterocycles. The van der Waals surface area contributed by atoms with E-state index in [1.165, 1.54) is 0 Å². The Balaban J connectivity index is 1.75. The van der Waals surface area contributed by atoms with Gasteiger partial charge in [0.05, 0.1) is 6.10 Å². The van der Waals surface area contributed by atoms with Crippen LogP contribution in [0.3, 0.4) is 0 Å². The molecule has 1 amide bonds. The summed E-state index contributed by atoms with van der Waals surface area (Å²) in [7, 11) is 0. The van der Waals surface area contributed by atoms with E-state index < -0.39 is 5.60 Å². The number of hydrogen-bond donors (Lipinski definition) is 1. The van der Waals surface area contributed by atoms with E-state index >= 15 is 0 Å². The second kappa shape index (κ2) is 6.98. The van der Waals surface area contributed by atoms with Crippen LogP contribution < -0.4 is 5.32 Å². The molecule has 2 fully saturated rings. The third kappa shape index (κ3) is 4.60. The van der Waals surface area contributed by atoms with Gasteiger partial charge in [-0.15, -0.1) is 0 Å². The highest BCUT2D eigenvalue weighted by Gasteiger charge is 2.49. The van der Waals surface area contributed by atoms with Crippen molar-refractivity contribution in [2.45, 2.75) is 84.6 Å². The van der Waals surface area contributed by atoms with Crippen molar-refractivity contribution in [3.05, 3.63) is 0 Å². The van der Waals surface area contributed by atoms with Crippen molar-refractivity contribution >= 4 is 6.09 Å². The van der Waals surface area contributed by atoms with Crippen molar-refractivity contribution in [3.63, 3.8) is 0 Å². The number of carbonyl (C=O) groups excluding carboxylic acids is 1. The van der Waals surface area contributed by atoms with Crippen molar-refractivity contribution in [3.8, 4) is 0 Å². The zero-order chi connectivity index (χ0) is 17.3. The van der Waals surface area contributed by atoms with Gasteiger partial charge in [-0.1, -0.05) is 13.8 Å². The maximum Gasteiger partial charge on any atom is 0.410 e. The summed E-state index contributed by atoms with van der Waals surface area (Å²) in [4.78, 5) is 13.9. The van der Waals surface area contributed by atoms with Crippen molar-refractivity contribution in [1.82, 2.24) is 10.2 Å². The summed E-state index contributed by atoms with van der Waals surface area (Å²) in [5.74, 6) is 0. The van der Waals surface area contributed by atoms with Crippen LogP contribution in [-0.4, -0.2) is 54.5 Å². The molecular weight excluding hydrogens is 292 g/mol. The van der Waals surface area contributed by atoms with Crippen LogP contribution >= 0.6 is 0 Å². The van der Waals surface area contributed by atoms with Gasteiger partial charge in [-0.25, -0.2) is 4.79 Å². The number of piperidine rings is 1. The molecule has 0 aromatic heterocycles. The minimum atomic E-state index is -0.420. The second-order valence-corrected chi connectivity index (χ2v) is 8.46. The first-order valence-corrected chi connectivity index (χ1v) is 8.99. The van der Waals surface area contributed by atoms with Gasteiger partial charge in [0.25, 0.3) is 0 Å². The number of likely N-dealkylation sites (tertiary alicyclic amines) is 1. The monoisotopic (exact) mass is 326 g/mol. The van der Waals surface area contributed by atoms with Crippen LogP contribution in [0.25, 0.3) is 0 Å². The van der Waals surface area contributed by atoms with E-state index in [0.717, 1.165) is 39.0 Å². The first-order valence-electron chi connectivity index (χ1n) is 8.99. The fraction of sp³-hybridized carbons (Fsp3) is 0.944. The Morgan fingerprint density at radius 1 is 1.26 bits per heavy atom. The standard InChI is InChI=1S/C18H34N2O3/c1-7-22-15-12-14(18(15,5)6)19-13-8-10-20(11-9-13)16(21)23-17(2,3)4/h13-15,19H,7-12H2,1-6H3. The minimum Gasteiger partial charge on any atom is -0.444 e. The number of nitrogens with one attached hydrogen (secondary N) is 1. The molecule has 0 spiro atoms. The van der Waals surface area contributed by atoms with Gasteiger partial charge in [-0.3, -0.25) is 0 Å². The van der Waals surface area contributed by atoms with Gasteiger partial charge in [-0.2, -0.15) is 0 Å². The number of hydrogen-bond acceptors (Lipinski definition) is 4. The topological polar surface area (TPSA) is 50.8 Å². The molecule has 1 saturated carbocycles. The summed E-state index contributed by atoms with van der Waals surface area (Å²) >= 11 is 0. The average molecular weight is 326 g/mol. The Bertz CT molecular complexity index is 409. The van der Waals surface area contributed by atoms with E-state index in [4.69, 9.17) is 9.47 Å². The highest BCUT2D eigenvalue weighted by Crippen LogP contribution is 2.43. The summed E-state index contributed by atoms with van der Waals surface area (Å²) in [6, 6.07) is 0.998. The lowest BCUT2D eigenvalue weighted by Crippen LogP contribution is -2.63. The Labute approximate surface area is 141 Å². The zero-order valence-electron chi connectivity index (χ0n) is 15.6. The number of amides is 1. The number of ether oxygens (including phenoxy) is 2.